The maximum Gasteiger partial charge on any atom is 0.247 e. The van der Waals surface area contributed by atoms with Crippen molar-refractivity contribution in [1.29, 1.82) is 0 Å². The summed E-state index contributed by atoms with van der Waals surface area (Å²) in [7, 11) is -1.63. The molecule has 1 fully saturated rings. The molecule has 2 N–H and O–H groups in total. The third-order valence-electron chi connectivity index (χ3n) is 3.42. The molecule has 0 amide bonds. The minimum atomic E-state index is -3.63. The summed E-state index contributed by atoms with van der Waals surface area (Å²) in [5.74, 6) is 0. The molecule has 2 aliphatic heterocycles. The van der Waals surface area contributed by atoms with Crippen molar-refractivity contribution in [2.24, 2.45) is 5.14 Å². The smallest absolute Gasteiger partial charge is 0.247 e. The van der Waals surface area contributed by atoms with Crippen molar-refractivity contribution in [2.45, 2.75) is 8.42 Å². The lowest BCUT2D eigenvalue weighted by Gasteiger charge is -2.32. The first kappa shape index (κ1) is 15.3. The van der Waals surface area contributed by atoms with Crippen LogP contribution in [0.4, 0.5) is 0 Å². The van der Waals surface area contributed by atoms with Crippen molar-refractivity contribution < 1.29 is 13.2 Å². The number of likely N-dealkylation sites (N-methyl/N-ethyl adjacent to an activating group) is 1. The molecule has 6 nitrogen and oxygen atoms in total. The second-order valence-electron chi connectivity index (χ2n) is 4.97. The Labute approximate surface area is 132 Å². The Morgan fingerprint density at radius 2 is 2.10 bits per heavy atom. The van der Waals surface area contributed by atoms with Gasteiger partial charge in [-0.25, -0.2) is 13.6 Å². The lowest BCUT2D eigenvalue weighted by atomic mass is 10.2. The summed E-state index contributed by atoms with van der Waals surface area (Å²) in [4.78, 5) is 2.34. The van der Waals surface area contributed by atoms with E-state index in [9.17, 15) is 8.42 Å². The van der Waals surface area contributed by atoms with Crippen LogP contribution >= 0.6 is 23.3 Å². The third kappa shape index (κ3) is 3.43. The quantitative estimate of drug-likeness (QED) is 0.823. The molecule has 0 bridgehead atoms. The first-order valence-electron chi connectivity index (χ1n) is 6.52. The van der Waals surface area contributed by atoms with E-state index in [1.54, 1.807) is 18.0 Å². The van der Waals surface area contributed by atoms with Gasteiger partial charge in [0.25, 0.3) is 0 Å². The Hall–Kier alpha value is -0.580. The number of nitrogens with two attached hydrogens (primary N) is 1. The van der Waals surface area contributed by atoms with Gasteiger partial charge in [0.15, 0.2) is 0 Å². The average molecular weight is 347 g/mol. The number of thiophene rings is 1. The topological polar surface area (TPSA) is 75.9 Å². The SMILES string of the molecule is CN1Sc2sc(S(N)(=O)=O)cc2C=C1CN1CCOCC1. The Balaban J connectivity index is 1.83. The van der Waals surface area contributed by atoms with Crippen LogP contribution in [0.1, 0.15) is 5.56 Å². The lowest BCUT2D eigenvalue weighted by Crippen LogP contribution is -2.39. The van der Waals surface area contributed by atoms with Gasteiger partial charge in [-0.3, -0.25) is 4.90 Å². The van der Waals surface area contributed by atoms with Crippen molar-refractivity contribution in [2.75, 3.05) is 39.9 Å². The molecule has 2 aliphatic rings. The predicted octanol–water partition coefficient (Wildman–Crippen LogP) is 1.02. The summed E-state index contributed by atoms with van der Waals surface area (Å²) in [5, 5.41) is 5.20. The molecule has 0 radical (unpaired) electrons. The zero-order valence-electron chi connectivity index (χ0n) is 11.6. The molecule has 3 heterocycles. The van der Waals surface area contributed by atoms with Crippen LogP contribution in [0.5, 0.6) is 0 Å². The van der Waals surface area contributed by atoms with E-state index >= 15 is 0 Å². The van der Waals surface area contributed by atoms with Gasteiger partial charge in [-0.15, -0.1) is 11.3 Å². The number of nitrogens with zero attached hydrogens (tertiary/aromatic N) is 2. The largest absolute Gasteiger partial charge is 0.379 e. The van der Waals surface area contributed by atoms with E-state index in [1.807, 2.05) is 13.1 Å². The second kappa shape index (κ2) is 5.90. The first-order chi connectivity index (χ1) is 9.93. The van der Waals surface area contributed by atoms with Crippen molar-refractivity contribution in [3.05, 3.63) is 17.3 Å². The molecule has 9 heteroatoms. The Kier molecular flexibility index (Phi) is 4.30. The minimum Gasteiger partial charge on any atom is -0.379 e. The van der Waals surface area contributed by atoms with Gasteiger partial charge in [-0.05, 0) is 24.1 Å². The molecule has 116 valence electrons. The number of hydrogen-bond donors (Lipinski definition) is 1. The van der Waals surface area contributed by atoms with Crippen molar-refractivity contribution in [3.63, 3.8) is 0 Å². The summed E-state index contributed by atoms with van der Waals surface area (Å²) in [6, 6.07) is 1.66. The zero-order chi connectivity index (χ0) is 15.0. The average Bonchev–Trinajstić information content (AvgIpc) is 2.83. The van der Waals surface area contributed by atoms with Gasteiger partial charge in [-0.2, -0.15) is 0 Å². The van der Waals surface area contributed by atoms with Crippen molar-refractivity contribution >= 4 is 39.4 Å². The molecule has 1 aromatic heterocycles. The number of morpholine rings is 1. The molecular formula is C12H17N3O3S3. The van der Waals surface area contributed by atoms with Gasteiger partial charge in [0, 0.05) is 37.9 Å². The fourth-order valence-corrected chi connectivity index (χ4v) is 5.49. The van der Waals surface area contributed by atoms with Crippen LogP contribution in [0, 0.1) is 0 Å². The van der Waals surface area contributed by atoms with Gasteiger partial charge in [-0.1, -0.05) is 0 Å². The van der Waals surface area contributed by atoms with Crippen molar-refractivity contribution in [3.8, 4) is 0 Å². The predicted molar refractivity (Wildman–Crippen MR) is 84.5 cm³/mol. The standard InChI is InChI=1S/C12H17N3O3S3/c1-14-10(8-15-2-4-18-5-3-15)6-9-7-11(21(13,16)17)19-12(9)20-14/h6-7H,2-5,8H2,1H3,(H2,13,16,17). The van der Waals surface area contributed by atoms with Gasteiger partial charge in [0.05, 0.1) is 17.4 Å². The van der Waals surface area contributed by atoms with E-state index in [0.717, 1.165) is 48.3 Å². The van der Waals surface area contributed by atoms with Crippen LogP contribution in [0.3, 0.4) is 0 Å². The number of rotatable bonds is 3. The zero-order valence-corrected chi connectivity index (χ0v) is 14.1. The summed E-state index contributed by atoms with van der Waals surface area (Å²) >= 11 is 2.78. The third-order valence-corrected chi connectivity index (χ3v) is 7.17. The van der Waals surface area contributed by atoms with E-state index in [-0.39, 0.29) is 4.21 Å². The number of hydrogen-bond acceptors (Lipinski definition) is 7. The Bertz CT molecular complexity index is 663. The molecule has 0 aromatic carbocycles. The summed E-state index contributed by atoms with van der Waals surface area (Å²) < 4.78 is 31.5. The van der Waals surface area contributed by atoms with Crippen LogP contribution in [0.25, 0.3) is 6.08 Å². The molecule has 0 aliphatic carbocycles. The van der Waals surface area contributed by atoms with Gasteiger partial charge < -0.3 is 9.04 Å². The molecule has 21 heavy (non-hydrogen) atoms. The van der Waals surface area contributed by atoms with E-state index < -0.39 is 10.0 Å². The molecule has 3 rings (SSSR count). The molecule has 0 atom stereocenters. The highest BCUT2D eigenvalue weighted by Crippen LogP contribution is 2.41. The van der Waals surface area contributed by atoms with Crippen LogP contribution in [0.15, 0.2) is 20.2 Å². The number of fused-ring (bicyclic) bond motifs is 1. The van der Waals surface area contributed by atoms with Gasteiger partial charge in [0.1, 0.15) is 4.21 Å². The molecule has 0 saturated carbocycles. The fourth-order valence-electron chi connectivity index (χ4n) is 2.26. The lowest BCUT2D eigenvalue weighted by molar-refractivity contribution is 0.0410. The highest BCUT2D eigenvalue weighted by atomic mass is 32.3. The summed E-state index contributed by atoms with van der Waals surface area (Å²) in [5.41, 5.74) is 2.10. The Morgan fingerprint density at radius 3 is 2.76 bits per heavy atom. The minimum absolute atomic E-state index is 0.220. The highest BCUT2D eigenvalue weighted by Gasteiger charge is 2.24. The van der Waals surface area contributed by atoms with E-state index in [0.29, 0.717) is 0 Å². The maximum absolute atomic E-state index is 11.5. The number of ether oxygens (including phenoxy) is 1. The van der Waals surface area contributed by atoms with E-state index in [4.69, 9.17) is 9.88 Å². The van der Waals surface area contributed by atoms with E-state index in [1.165, 1.54) is 11.3 Å². The van der Waals surface area contributed by atoms with Crippen LogP contribution in [0.2, 0.25) is 0 Å². The highest BCUT2D eigenvalue weighted by molar-refractivity contribution is 7.99. The molecule has 0 spiro atoms. The van der Waals surface area contributed by atoms with Gasteiger partial charge in [0.2, 0.25) is 10.0 Å². The maximum atomic E-state index is 11.5. The fraction of sp³-hybridized carbons (Fsp3) is 0.500. The molecule has 1 aromatic rings. The van der Waals surface area contributed by atoms with Crippen molar-refractivity contribution in [1.82, 2.24) is 9.21 Å². The molecule has 1 saturated heterocycles. The molecular weight excluding hydrogens is 330 g/mol. The monoisotopic (exact) mass is 347 g/mol. The Morgan fingerprint density at radius 1 is 1.38 bits per heavy atom. The van der Waals surface area contributed by atoms with Crippen LogP contribution < -0.4 is 5.14 Å². The van der Waals surface area contributed by atoms with E-state index in [2.05, 4.69) is 9.21 Å². The number of primary sulfonamides is 1. The van der Waals surface area contributed by atoms with Gasteiger partial charge >= 0.3 is 0 Å². The van der Waals surface area contributed by atoms with Crippen LogP contribution in [-0.2, 0) is 14.8 Å². The summed E-state index contributed by atoms with van der Waals surface area (Å²) in [6.07, 6.45) is 2.05. The first-order valence-corrected chi connectivity index (χ1v) is 9.66. The molecule has 0 unspecified atom stereocenters. The van der Waals surface area contributed by atoms with Crippen LogP contribution in [-0.4, -0.2) is 57.5 Å². The summed E-state index contributed by atoms with van der Waals surface area (Å²) in [6.45, 7) is 4.23. The normalized spacial score (nSPS) is 20.3. The second-order valence-corrected chi connectivity index (χ2v) is 9.20. The number of sulfonamides is 1.